The molecule has 7 heteroatoms. The lowest BCUT2D eigenvalue weighted by Gasteiger charge is -2.14. The Bertz CT molecular complexity index is 583. The fourth-order valence-corrected chi connectivity index (χ4v) is 1.55. The van der Waals surface area contributed by atoms with Crippen molar-refractivity contribution < 1.29 is 28.2 Å². The zero-order valence-electron chi connectivity index (χ0n) is 11.3. The van der Waals surface area contributed by atoms with E-state index in [4.69, 9.17) is 18.6 Å². The number of fused-ring (bicyclic) bond motifs is 1. The lowest BCUT2D eigenvalue weighted by atomic mass is 10.4. The first kappa shape index (κ1) is 14.0. The van der Waals surface area contributed by atoms with Crippen molar-refractivity contribution >= 4 is 23.2 Å². The molecule has 1 unspecified atom stereocenters. The molecule has 0 aromatic carbocycles. The molecule has 0 bridgehead atoms. The monoisotopic (exact) mass is 281 g/mol. The number of hydrogen-bond donors (Lipinski definition) is 1. The van der Waals surface area contributed by atoms with Gasteiger partial charge in [-0.1, -0.05) is 0 Å². The second-order valence-corrected chi connectivity index (χ2v) is 4.39. The summed E-state index contributed by atoms with van der Waals surface area (Å²) in [7, 11) is 0. The van der Waals surface area contributed by atoms with E-state index in [1.165, 1.54) is 19.3 Å². The predicted octanol–water partition coefficient (Wildman–Crippen LogP) is 2.83. The molecule has 0 spiro atoms. The Morgan fingerprint density at radius 2 is 1.95 bits per heavy atom. The molecule has 2 heterocycles. The summed E-state index contributed by atoms with van der Waals surface area (Å²) >= 11 is 0. The Morgan fingerprint density at radius 3 is 2.60 bits per heavy atom. The summed E-state index contributed by atoms with van der Waals surface area (Å²) in [4.78, 5) is 25.8. The zero-order valence-corrected chi connectivity index (χ0v) is 11.3. The van der Waals surface area contributed by atoms with E-state index in [-0.39, 0.29) is 11.8 Å². The van der Waals surface area contributed by atoms with Crippen LogP contribution in [0.15, 0.2) is 22.8 Å². The highest BCUT2D eigenvalue weighted by atomic mass is 16.8. The van der Waals surface area contributed by atoms with E-state index in [2.05, 4.69) is 4.98 Å². The van der Waals surface area contributed by atoms with Gasteiger partial charge in [0.25, 0.3) is 0 Å². The second-order valence-electron chi connectivity index (χ2n) is 4.39. The smallest absolute Gasteiger partial charge is 0.463 e. The minimum atomic E-state index is -1.05. The number of hydrogen-bond acceptors (Lipinski definition) is 6. The van der Waals surface area contributed by atoms with E-state index in [9.17, 15) is 9.59 Å². The molecule has 20 heavy (non-hydrogen) atoms. The van der Waals surface area contributed by atoms with Gasteiger partial charge in [-0.05, 0) is 13.8 Å². The third-order valence-corrected chi connectivity index (χ3v) is 2.33. The maximum atomic E-state index is 11.8. The first-order valence-electron chi connectivity index (χ1n) is 6.10. The van der Waals surface area contributed by atoms with Crippen LogP contribution in [-0.2, 0) is 14.2 Å². The summed E-state index contributed by atoms with van der Waals surface area (Å²) in [6.07, 6.45) is -0.742. The van der Waals surface area contributed by atoms with Crippen molar-refractivity contribution in [1.29, 1.82) is 0 Å². The molecular formula is C13H15NO6. The summed E-state index contributed by atoms with van der Waals surface area (Å²) in [5.41, 5.74) is 1.45. The number of aromatic amines is 1. The standard InChI is InChI=1S/C13H15NO6/c1-7(2)18-13(16)20-8(3)19-12(15)10-6-11-9(14-10)4-5-17-11/h4-8,14H,1-3H3. The molecule has 108 valence electrons. The summed E-state index contributed by atoms with van der Waals surface area (Å²) < 4.78 is 19.6. The molecule has 0 aliphatic heterocycles. The van der Waals surface area contributed by atoms with Gasteiger partial charge in [-0.15, -0.1) is 0 Å². The first-order valence-corrected chi connectivity index (χ1v) is 6.10. The van der Waals surface area contributed by atoms with Gasteiger partial charge in [-0.25, -0.2) is 9.59 Å². The van der Waals surface area contributed by atoms with Crippen LogP contribution in [0.1, 0.15) is 31.3 Å². The zero-order chi connectivity index (χ0) is 14.7. The van der Waals surface area contributed by atoms with Crippen molar-refractivity contribution in [2.45, 2.75) is 33.2 Å². The van der Waals surface area contributed by atoms with Gasteiger partial charge in [0, 0.05) is 19.1 Å². The average Bonchev–Trinajstić information content (AvgIpc) is 2.86. The van der Waals surface area contributed by atoms with Crippen LogP contribution in [0.2, 0.25) is 0 Å². The maximum absolute atomic E-state index is 11.8. The van der Waals surface area contributed by atoms with Crippen molar-refractivity contribution in [3.63, 3.8) is 0 Å². The first-order chi connectivity index (χ1) is 9.45. The van der Waals surface area contributed by atoms with Crippen molar-refractivity contribution in [1.82, 2.24) is 4.98 Å². The van der Waals surface area contributed by atoms with Gasteiger partial charge >= 0.3 is 12.1 Å². The quantitative estimate of drug-likeness (QED) is 0.684. The van der Waals surface area contributed by atoms with E-state index in [1.807, 2.05) is 0 Å². The van der Waals surface area contributed by atoms with E-state index >= 15 is 0 Å². The largest absolute Gasteiger partial charge is 0.511 e. The number of carbonyl (C=O) groups excluding carboxylic acids is 2. The van der Waals surface area contributed by atoms with E-state index in [0.717, 1.165) is 0 Å². The van der Waals surface area contributed by atoms with Crippen molar-refractivity contribution in [3.05, 3.63) is 24.1 Å². The number of nitrogens with one attached hydrogen (secondary N) is 1. The summed E-state index contributed by atoms with van der Waals surface area (Å²) in [5.74, 6) is -0.652. The Labute approximate surface area is 114 Å². The minimum Gasteiger partial charge on any atom is -0.463 e. The molecule has 0 aliphatic rings. The third kappa shape index (κ3) is 3.31. The molecule has 0 saturated heterocycles. The molecule has 1 N–H and O–H groups in total. The fourth-order valence-electron chi connectivity index (χ4n) is 1.55. The van der Waals surface area contributed by atoms with Crippen LogP contribution < -0.4 is 0 Å². The molecule has 0 fully saturated rings. The van der Waals surface area contributed by atoms with Gasteiger partial charge in [0.2, 0.25) is 6.29 Å². The number of carbonyl (C=O) groups is 2. The van der Waals surface area contributed by atoms with Gasteiger partial charge < -0.3 is 23.6 Å². The molecular weight excluding hydrogens is 266 g/mol. The van der Waals surface area contributed by atoms with E-state index in [0.29, 0.717) is 11.1 Å². The van der Waals surface area contributed by atoms with Gasteiger partial charge in [-0.3, -0.25) is 0 Å². The third-order valence-electron chi connectivity index (χ3n) is 2.33. The number of esters is 1. The van der Waals surface area contributed by atoms with Gasteiger partial charge in [0.05, 0.1) is 17.9 Å². The summed E-state index contributed by atoms with van der Waals surface area (Å²) in [6.45, 7) is 4.80. The van der Waals surface area contributed by atoms with Crippen LogP contribution in [-0.4, -0.2) is 29.5 Å². The van der Waals surface area contributed by atoms with Gasteiger partial charge in [0.15, 0.2) is 5.58 Å². The lowest BCUT2D eigenvalue weighted by Crippen LogP contribution is -2.24. The Morgan fingerprint density at radius 1 is 1.20 bits per heavy atom. The lowest BCUT2D eigenvalue weighted by molar-refractivity contribution is -0.0868. The van der Waals surface area contributed by atoms with Crippen LogP contribution >= 0.6 is 0 Å². The van der Waals surface area contributed by atoms with Crippen LogP contribution in [0.5, 0.6) is 0 Å². The highest BCUT2D eigenvalue weighted by Crippen LogP contribution is 2.17. The molecule has 0 amide bonds. The number of rotatable bonds is 4. The molecule has 2 aromatic rings. The number of aromatic nitrogens is 1. The number of furan rings is 1. The molecule has 2 rings (SSSR count). The molecule has 0 aliphatic carbocycles. The summed E-state index contributed by atoms with van der Waals surface area (Å²) in [6, 6.07) is 3.20. The Kier molecular flexibility index (Phi) is 3.97. The number of ether oxygens (including phenoxy) is 3. The topological polar surface area (TPSA) is 90.8 Å². The molecule has 1 atom stereocenters. The predicted molar refractivity (Wildman–Crippen MR) is 68.1 cm³/mol. The fraction of sp³-hybridized carbons (Fsp3) is 0.385. The molecule has 0 radical (unpaired) electrons. The molecule has 0 saturated carbocycles. The van der Waals surface area contributed by atoms with Crippen LogP contribution in [0, 0.1) is 0 Å². The average molecular weight is 281 g/mol. The van der Waals surface area contributed by atoms with Crippen molar-refractivity contribution in [2.24, 2.45) is 0 Å². The van der Waals surface area contributed by atoms with Crippen molar-refractivity contribution in [3.8, 4) is 0 Å². The van der Waals surface area contributed by atoms with Crippen LogP contribution in [0.4, 0.5) is 4.79 Å². The summed E-state index contributed by atoms with van der Waals surface area (Å²) in [5, 5.41) is 0. The Balaban J connectivity index is 1.90. The molecule has 2 aromatic heterocycles. The Hall–Kier alpha value is -2.44. The van der Waals surface area contributed by atoms with Gasteiger partial charge in [-0.2, -0.15) is 0 Å². The van der Waals surface area contributed by atoms with Gasteiger partial charge in [0.1, 0.15) is 5.69 Å². The van der Waals surface area contributed by atoms with Crippen molar-refractivity contribution in [2.75, 3.05) is 0 Å². The normalized spacial score (nSPS) is 12.4. The molecule has 7 nitrogen and oxygen atoms in total. The maximum Gasteiger partial charge on any atom is 0.511 e. The SMILES string of the molecule is CC(C)OC(=O)OC(C)OC(=O)c1cc2occc2[nH]1. The number of H-pyrrole nitrogens is 1. The highest BCUT2D eigenvalue weighted by Gasteiger charge is 2.19. The van der Waals surface area contributed by atoms with E-state index in [1.54, 1.807) is 19.9 Å². The second kappa shape index (κ2) is 5.68. The van der Waals surface area contributed by atoms with Crippen LogP contribution in [0.25, 0.3) is 11.1 Å². The van der Waals surface area contributed by atoms with E-state index < -0.39 is 18.4 Å². The highest BCUT2D eigenvalue weighted by molar-refractivity contribution is 5.93. The van der Waals surface area contributed by atoms with Crippen LogP contribution in [0.3, 0.4) is 0 Å². The minimum absolute atomic E-state index is 0.215.